The first-order valence-electron chi connectivity index (χ1n) is 15.3. The maximum atomic E-state index is 11.8. The summed E-state index contributed by atoms with van der Waals surface area (Å²) >= 11 is 0. The fourth-order valence-corrected chi connectivity index (χ4v) is 5.15. The molecule has 42 heavy (non-hydrogen) atoms. The van der Waals surface area contributed by atoms with Crippen LogP contribution < -0.4 is 4.74 Å². The summed E-state index contributed by atoms with van der Waals surface area (Å²) < 4.78 is 5.65. The number of rotatable bonds is 7. The third-order valence-electron chi connectivity index (χ3n) is 7.61. The minimum atomic E-state index is -0.583. The molecule has 7 heteroatoms. The molecule has 2 N–H and O–H groups in total. The first-order valence-corrected chi connectivity index (χ1v) is 15.3. The number of aryl methyl sites for hydroxylation is 4. The van der Waals surface area contributed by atoms with Crippen LogP contribution in [0.4, 0.5) is 0 Å². The van der Waals surface area contributed by atoms with Gasteiger partial charge in [-0.25, -0.2) is 10.1 Å². The Kier molecular flexibility index (Phi) is 11.8. The lowest BCUT2D eigenvalue weighted by Gasteiger charge is -2.24. The molecule has 0 saturated carbocycles. The molecule has 4 rings (SSSR count). The molecule has 0 unspecified atom stereocenters. The second-order valence-electron chi connectivity index (χ2n) is 13.4. The number of benzene rings is 2. The lowest BCUT2D eigenvalue weighted by molar-refractivity contribution is -0.175. The summed E-state index contributed by atoms with van der Waals surface area (Å²) in [5.74, 6) is 0.251. The number of hydroxylamine groups is 4. The van der Waals surface area contributed by atoms with Gasteiger partial charge in [-0.05, 0) is 91.3 Å². The van der Waals surface area contributed by atoms with Gasteiger partial charge in [-0.3, -0.25) is 20.0 Å². The molecule has 0 atom stereocenters. The Morgan fingerprint density at radius 1 is 0.738 bits per heavy atom. The molecule has 230 valence electrons. The summed E-state index contributed by atoms with van der Waals surface area (Å²) in [5, 5.41) is 21.0. The summed E-state index contributed by atoms with van der Waals surface area (Å²) in [6.45, 7) is 11.4. The van der Waals surface area contributed by atoms with E-state index in [2.05, 4.69) is 30.3 Å². The van der Waals surface area contributed by atoms with Crippen LogP contribution in [-0.2, 0) is 35.3 Å². The Morgan fingerprint density at radius 2 is 1.24 bits per heavy atom. The minimum absolute atomic E-state index is 0.174. The van der Waals surface area contributed by atoms with Gasteiger partial charge in [0.15, 0.2) is 0 Å². The van der Waals surface area contributed by atoms with Gasteiger partial charge >= 0.3 is 0 Å². The van der Waals surface area contributed by atoms with Crippen molar-refractivity contribution in [2.75, 3.05) is 19.7 Å². The third kappa shape index (κ3) is 9.99. The number of hydrogen-bond acceptors (Lipinski definition) is 5. The van der Waals surface area contributed by atoms with Crippen LogP contribution in [0, 0.1) is 10.8 Å². The molecular formula is C35H50N2O5. The van der Waals surface area contributed by atoms with E-state index >= 15 is 0 Å². The summed E-state index contributed by atoms with van der Waals surface area (Å²) in [4.78, 5) is 23.7. The third-order valence-corrected chi connectivity index (χ3v) is 7.61. The van der Waals surface area contributed by atoms with Gasteiger partial charge in [0.25, 0.3) is 11.8 Å². The van der Waals surface area contributed by atoms with Crippen molar-refractivity contribution in [2.45, 2.75) is 92.9 Å². The highest BCUT2D eigenvalue weighted by Crippen LogP contribution is 2.26. The predicted molar refractivity (Wildman–Crippen MR) is 167 cm³/mol. The molecule has 0 radical (unpaired) electrons. The minimum Gasteiger partial charge on any atom is -0.492 e. The smallest absolute Gasteiger partial charge is 0.251 e. The molecule has 0 spiro atoms. The van der Waals surface area contributed by atoms with Crippen molar-refractivity contribution in [3.63, 3.8) is 0 Å². The van der Waals surface area contributed by atoms with E-state index < -0.39 is 10.8 Å². The van der Waals surface area contributed by atoms with Crippen molar-refractivity contribution < 1.29 is 24.7 Å². The Bertz CT molecular complexity index is 1240. The normalized spacial score (nSPS) is 14.8. The molecule has 0 aliphatic heterocycles. The maximum Gasteiger partial charge on any atom is 0.251 e. The van der Waals surface area contributed by atoms with Crippen molar-refractivity contribution in [1.29, 1.82) is 0 Å². The number of carbonyl (C=O) groups is 2. The van der Waals surface area contributed by atoms with Gasteiger partial charge < -0.3 is 4.74 Å². The largest absolute Gasteiger partial charge is 0.492 e. The van der Waals surface area contributed by atoms with Crippen LogP contribution in [0.3, 0.4) is 0 Å². The van der Waals surface area contributed by atoms with Gasteiger partial charge in [0, 0.05) is 10.8 Å². The Labute approximate surface area is 252 Å². The molecule has 2 aliphatic carbocycles. The summed E-state index contributed by atoms with van der Waals surface area (Å²) in [7, 11) is 0. The van der Waals surface area contributed by atoms with Crippen LogP contribution in [0.25, 0.3) is 6.08 Å². The molecule has 0 aromatic heterocycles. The number of carbonyl (C=O) groups excluding carboxylic acids is 2. The van der Waals surface area contributed by atoms with Crippen LogP contribution in [0.2, 0.25) is 0 Å². The van der Waals surface area contributed by atoms with Crippen LogP contribution in [0.15, 0.2) is 42.5 Å². The predicted octanol–water partition coefficient (Wildman–Crippen LogP) is 7.05. The number of amides is 2. The first-order chi connectivity index (χ1) is 19.8. The standard InChI is InChI=1S/C18H25NO2.C17H25NO3/c1-18(2,3)17(20)19(21)12-6-7-14-10-11-15-8-4-5-9-16(15)13-14;1-17(2,3)16(19)18(20)10-11-21-15-9-8-13-6-4-5-7-14(13)12-15/h6-7,10-11,13,21H,4-5,8-9,12H2,1-3H3;8-9,12,20H,4-7,10-11H2,1-3H3. The van der Waals surface area contributed by atoms with Gasteiger partial charge in [-0.15, -0.1) is 0 Å². The number of fused-ring (bicyclic) bond motifs is 2. The Balaban J connectivity index is 0.000000230. The molecule has 2 aromatic rings. The lowest BCUT2D eigenvalue weighted by atomic mass is 9.90. The molecule has 2 aromatic carbocycles. The fraction of sp³-hybridized carbons (Fsp3) is 0.543. The second-order valence-corrected chi connectivity index (χ2v) is 13.4. The van der Waals surface area contributed by atoms with Crippen molar-refractivity contribution in [3.8, 4) is 5.75 Å². The first kappa shape index (κ1) is 33.3. The zero-order valence-electron chi connectivity index (χ0n) is 26.4. The quantitative estimate of drug-likeness (QED) is 0.271. The van der Waals surface area contributed by atoms with Gasteiger partial charge in [0.05, 0.1) is 13.1 Å². The summed E-state index contributed by atoms with van der Waals surface area (Å²) in [6.07, 6.45) is 13.5. The van der Waals surface area contributed by atoms with E-state index in [9.17, 15) is 20.0 Å². The van der Waals surface area contributed by atoms with Crippen LogP contribution >= 0.6 is 0 Å². The van der Waals surface area contributed by atoms with E-state index in [-0.39, 0.29) is 31.5 Å². The average molecular weight is 579 g/mol. The van der Waals surface area contributed by atoms with E-state index in [1.165, 1.54) is 54.4 Å². The van der Waals surface area contributed by atoms with Crippen LogP contribution in [0.1, 0.15) is 95.0 Å². The van der Waals surface area contributed by atoms with Gasteiger partial charge in [0.2, 0.25) is 0 Å². The highest BCUT2D eigenvalue weighted by Gasteiger charge is 2.27. The second kappa shape index (κ2) is 14.8. The van der Waals surface area contributed by atoms with Crippen LogP contribution in [-0.4, -0.2) is 52.1 Å². The number of ether oxygens (including phenoxy) is 1. The van der Waals surface area contributed by atoms with E-state index in [4.69, 9.17) is 4.74 Å². The number of hydrogen-bond donors (Lipinski definition) is 2. The highest BCUT2D eigenvalue weighted by atomic mass is 16.5. The molecule has 2 aliphatic rings. The molecule has 7 nitrogen and oxygen atoms in total. The van der Waals surface area contributed by atoms with Gasteiger partial charge in [-0.2, -0.15) is 0 Å². The highest BCUT2D eigenvalue weighted by molar-refractivity contribution is 5.81. The molecule has 0 saturated heterocycles. The summed E-state index contributed by atoms with van der Waals surface area (Å²) in [6, 6.07) is 12.7. The van der Waals surface area contributed by atoms with E-state index in [0.29, 0.717) is 0 Å². The monoisotopic (exact) mass is 578 g/mol. The average Bonchev–Trinajstić information content (AvgIpc) is 2.95. The zero-order chi connectivity index (χ0) is 30.9. The van der Waals surface area contributed by atoms with Gasteiger partial charge in [-0.1, -0.05) is 78.0 Å². The molecular weight excluding hydrogens is 528 g/mol. The maximum absolute atomic E-state index is 11.8. The zero-order valence-corrected chi connectivity index (χ0v) is 26.4. The topological polar surface area (TPSA) is 90.3 Å². The molecule has 0 bridgehead atoms. The Morgan fingerprint density at radius 3 is 1.81 bits per heavy atom. The van der Waals surface area contributed by atoms with Crippen molar-refractivity contribution in [3.05, 3.63) is 70.3 Å². The van der Waals surface area contributed by atoms with E-state index in [1.807, 2.05) is 18.2 Å². The SMILES string of the molecule is CC(C)(C)C(=O)N(O)CC=Cc1ccc2c(c1)CCCC2.CC(C)(C)C(=O)N(O)CCOc1ccc2c(c1)CCCC2. The number of nitrogens with zero attached hydrogens (tertiary/aromatic N) is 2. The van der Waals surface area contributed by atoms with E-state index in [0.717, 1.165) is 40.7 Å². The van der Waals surface area contributed by atoms with Gasteiger partial charge in [0.1, 0.15) is 12.4 Å². The van der Waals surface area contributed by atoms with Crippen molar-refractivity contribution in [2.24, 2.45) is 10.8 Å². The van der Waals surface area contributed by atoms with E-state index in [1.54, 1.807) is 41.5 Å². The van der Waals surface area contributed by atoms with Crippen molar-refractivity contribution >= 4 is 17.9 Å². The van der Waals surface area contributed by atoms with Crippen molar-refractivity contribution in [1.82, 2.24) is 10.1 Å². The molecule has 0 heterocycles. The van der Waals surface area contributed by atoms with Crippen LogP contribution in [0.5, 0.6) is 5.75 Å². The summed E-state index contributed by atoms with van der Waals surface area (Å²) in [5.41, 5.74) is 5.67. The fourth-order valence-electron chi connectivity index (χ4n) is 5.15. The Hall–Kier alpha value is -3.16. The molecule has 0 fully saturated rings. The molecule has 2 amide bonds. The lowest BCUT2D eigenvalue weighted by Crippen LogP contribution is -2.39.